The van der Waals surface area contributed by atoms with Gasteiger partial charge in [0.2, 0.25) is 0 Å². The molecule has 0 aliphatic carbocycles. The summed E-state index contributed by atoms with van der Waals surface area (Å²) in [6.45, 7) is 11.7. The van der Waals surface area contributed by atoms with Crippen molar-refractivity contribution in [3.8, 4) is 0 Å². The summed E-state index contributed by atoms with van der Waals surface area (Å²) >= 11 is 7.61. The molecular weight excluding hydrogens is 292 g/mol. The van der Waals surface area contributed by atoms with Gasteiger partial charge >= 0.3 is 0 Å². The van der Waals surface area contributed by atoms with Gasteiger partial charge in [-0.15, -0.1) is 11.8 Å². The van der Waals surface area contributed by atoms with E-state index in [9.17, 15) is 0 Å². The molecule has 0 saturated carbocycles. The zero-order chi connectivity index (χ0) is 15.4. The van der Waals surface area contributed by atoms with Crippen LogP contribution in [0.3, 0.4) is 0 Å². The van der Waals surface area contributed by atoms with E-state index in [-0.39, 0.29) is 0 Å². The highest BCUT2D eigenvalue weighted by Crippen LogP contribution is 2.24. The van der Waals surface area contributed by atoms with Crippen molar-refractivity contribution in [2.45, 2.75) is 33.1 Å². The van der Waals surface area contributed by atoms with Gasteiger partial charge in [0, 0.05) is 29.7 Å². The van der Waals surface area contributed by atoms with Crippen molar-refractivity contribution >= 4 is 29.6 Å². The zero-order valence-corrected chi connectivity index (χ0v) is 13.8. The Morgan fingerprint density at radius 2 is 2.10 bits per heavy atom. The van der Waals surface area contributed by atoms with Crippen LogP contribution in [0.5, 0.6) is 0 Å². The molecule has 0 atom stereocenters. The summed E-state index contributed by atoms with van der Waals surface area (Å²) in [6.07, 6.45) is 5.54. The largest absolute Gasteiger partial charge is 0.494 e. The van der Waals surface area contributed by atoms with Crippen molar-refractivity contribution in [1.29, 1.82) is 0 Å². The molecule has 3 nitrogen and oxygen atoms in total. The maximum Gasteiger partial charge on any atom is 0.166 e. The monoisotopic (exact) mass is 314 g/mol. The van der Waals surface area contributed by atoms with Crippen LogP contribution in [0.15, 0.2) is 51.2 Å². The van der Waals surface area contributed by atoms with Crippen molar-refractivity contribution in [3.63, 3.8) is 0 Å². The van der Waals surface area contributed by atoms with Crippen LogP contribution in [-0.4, -0.2) is 12.8 Å². The van der Waals surface area contributed by atoms with Crippen LogP contribution in [0.25, 0.3) is 0 Å². The van der Waals surface area contributed by atoms with E-state index in [1.807, 2.05) is 6.92 Å². The normalized spacial score (nSPS) is 13.8. The zero-order valence-electron chi connectivity index (χ0n) is 12.2. The molecular formula is C15H23ClN2OS. The molecule has 0 radical (unpaired) electrons. The minimum absolute atomic E-state index is 0.373. The number of aliphatic imine (C=N–C) groups is 1. The van der Waals surface area contributed by atoms with Crippen LogP contribution in [0, 0.1) is 0 Å². The first-order chi connectivity index (χ1) is 9.56. The lowest BCUT2D eigenvalue weighted by Gasteiger charge is -2.12. The van der Waals surface area contributed by atoms with Crippen molar-refractivity contribution in [3.05, 3.63) is 46.2 Å². The standard InChI is InChI=1S/C15H23ClN2OS/c1-5-8-13(15(16)18-10-6-2)19-11-9-14(12(4)17)20-7-3/h6-7,10H,2-3,5,8-9,11,17H2,1,4H3/b14-12-,15-13+,18-10-. The van der Waals surface area contributed by atoms with E-state index < -0.39 is 0 Å². The Morgan fingerprint density at radius 1 is 1.40 bits per heavy atom. The summed E-state index contributed by atoms with van der Waals surface area (Å²) in [4.78, 5) is 5.11. The lowest BCUT2D eigenvalue weighted by atomic mass is 10.3. The molecule has 0 aromatic rings. The number of nitrogens with two attached hydrogens (primary N) is 1. The number of thioether (sulfide) groups is 1. The van der Waals surface area contributed by atoms with Crippen LogP contribution in [-0.2, 0) is 4.74 Å². The van der Waals surface area contributed by atoms with E-state index in [2.05, 4.69) is 25.1 Å². The highest BCUT2D eigenvalue weighted by atomic mass is 35.5. The van der Waals surface area contributed by atoms with Crippen molar-refractivity contribution in [2.75, 3.05) is 6.61 Å². The smallest absolute Gasteiger partial charge is 0.166 e. The van der Waals surface area contributed by atoms with Crippen molar-refractivity contribution in [2.24, 2.45) is 10.7 Å². The van der Waals surface area contributed by atoms with Crippen LogP contribution in [0.2, 0.25) is 0 Å². The Morgan fingerprint density at radius 3 is 2.60 bits per heavy atom. The quantitative estimate of drug-likeness (QED) is 0.353. The van der Waals surface area contributed by atoms with Crippen LogP contribution < -0.4 is 5.73 Å². The van der Waals surface area contributed by atoms with E-state index in [1.54, 1.807) is 17.7 Å². The minimum Gasteiger partial charge on any atom is -0.494 e. The Bertz CT molecular complexity index is 410. The number of hydrogen-bond acceptors (Lipinski definition) is 4. The fourth-order valence-corrected chi connectivity index (χ4v) is 2.16. The molecule has 0 heterocycles. The molecule has 5 heteroatoms. The summed E-state index contributed by atoms with van der Waals surface area (Å²) in [5.41, 5.74) is 6.59. The van der Waals surface area contributed by atoms with Crippen molar-refractivity contribution in [1.82, 2.24) is 0 Å². The summed E-state index contributed by atoms with van der Waals surface area (Å²) in [6, 6.07) is 0. The van der Waals surface area contributed by atoms with Gasteiger partial charge in [-0.3, -0.25) is 0 Å². The minimum atomic E-state index is 0.373. The number of ether oxygens (including phenoxy) is 1. The Labute approximate surface area is 131 Å². The Balaban J connectivity index is 4.63. The molecule has 0 aromatic carbocycles. The van der Waals surface area contributed by atoms with Gasteiger partial charge in [-0.05, 0) is 18.8 Å². The Kier molecular flexibility index (Phi) is 11.0. The maximum atomic E-state index is 6.09. The fraction of sp³-hybridized carbons (Fsp3) is 0.400. The average molecular weight is 315 g/mol. The number of halogens is 1. The van der Waals surface area contributed by atoms with E-state index in [0.717, 1.165) is 29.9 Å². The SMILES string of the molecule is C=C/C=N\C(Cl)=C(/CCC)OCC/C(SC=C)=C(\C)N. The second kappa shape index (κ2) is 11.7. The molecule has 0 amide bonds. The van der Waals surface area contributed by atoms with Gasteiger partial charge in [0.15, 0.2) is 5.16 Å². The molecule has 0 rings (SSSR count). The van der Waals surface area contributed by atoms with Gasteiger partial charge < -0.3 is 10.5 Å². The maximum absolute atomic E-state index is 6.09. The predicted molar refractivity (Wildman–Crippen MR) is 91.7 cm³/mol. The van der Waals surface area contributed by atoms with E-state index in [1.165, 1.54) is 11.8 Å². The second-order valence-corrected chi connectivity index (χ2v) is 5.39. The lowest BCUT2D eigenvalue weighted by Crippen LogP contribution is -2.01. The topological polar surface area (TPSA) is 47.6 Å². The first-order valence-electron chi connectivity index (χ1n) is 6.46. The Hall–Kier alpha value is -1.13. The van der Waals surface area contributed by atoms with Gasteiger partial charge in [-0.2, -0.15) is 0 Å². The van der Waals surface area contributed by atoms with Gasteiger partial charge in [0.25, 0.3) is 0 Å². The van der Waals surface area contributed by atoms with Crippen LogP contribution in [0.1, 0.15) is 33.1 Å². The number of nitrogens with zero attached hydrogens (tertiary/aromatic N) is 1. The van der Waals surface area contributed by atoms with E-state index >= 15 is 0 Å². The first kappa shape index (κ1) is 18.9. The summed E-state index contributed by atoms with van der Waals surface area (Å²) < 4.78 is 5.73. The van der Waals surface area contributed by atoms with Gasteiger partial charge in [-0.1, -0.05) is 37.8 Å². The predicted octanol–water partition coefficient (Wildman–Crippen LogP) is 4.92. The molecule has 0 fully saturated rings. The average Bonchev–Trinajstić information content (AvgIpc) is 2.42. The van der Waals surface area contributed by atoms with Crippen molar-refractivity contribution < 1.29 is 4.74 Å². The molecule has 0 spiro atoms. The second-order valence-electron chi connectivity index (χ2n) is 3.97. The molecule has 0 aliphatic rings. The summed E-state index contributed by atoms with van der Waals surface area (Å²) in [7, 11) is 0. The third kappa shape index (κ3) is 8.12. The van der Waals surface area contributed by atoms with Crippen LogP contribution >= 0.6 is 23.4 Å². The molecule has 0 bridgehead atoms. The molecule has 0 unspecified atom stereocenters. The molecule has 112 valence electrons. The van der Waals surface area contributed by atoms with E-state index in [0.29, 0.717) is 17.5 Å². The number of hydrogen-bond donors (Lipinski definition) is 1. The lowest BCUT2D eigenvalue weighted by molar-refractivity contribution is 0.204. The number of rotatable bonds is 10. The van der Waals surface area contributed by atoms with Gasteiger partial charge in [0.1, 0.15) is 5.76 Å². The van der Waals surface area contributed by atoms with E-state index in [4.69, 9.17) is 22.1 Å². The highest BCUT2D eigenvalue weighted by Gasteiger charge is 2.06. The first-order valence-corrected chi connectivity index (χ1v) is 7.71. The molecule has 0 saturated heterocycles. The molecule has 20 heavy (non-hydrogen) atoms. The fourth-order valence-electron chi connectivity index (χ4n) is 1.37. The van der Waals surface area contributed by atoms with Gasteiger partial charge in [0.05, 0.1) is 6.61 Å². The third-order valence-electron chi connectivity index (χ3n) is 2.27. The third-order valence-corrected chi connectivity index (χ3v) is 3.56. The molecule has 2 N–H and O–H groups in total. The van der Waals surface area contributed by atoms with Gasteiger partial charge in [-0.25, -0.2) is 4.99 Å². The molecule has 0 aromatic heterocycles. The number of allylic oxidation sites excluding steroid dienone is 3. The highest BCUT2D eigenvalue weighted by molar-refractivity contribution is 8.05. The summed E-state index contributed by atoms with van der Waals surface area (Å²) in [5, 5.41) is 2.13. The molecule has 0 aliphatic heterocycles. The van der Waals surface area contributed by atoms with Crippen LogP contribution in [0.4, 0.5) is 0 Å². The summed E-state index contributed by atoms with van der Waals surface area (Å²) in [5.74, 6) is 0.699.